The fourth-order valence-corrected chi connectivity index (χ4v) is 5.28. The van der Waals surface area contributed by atoms with Gasteiger partial charge in [-0.25, -0.2) is 8.42 Å². The standard InChI is InChI=1S/C23H35NO2S/c1-17(2)15-24-16-21(12-13-27(25,26)18(3)4)22-11-10-20(14-23(22)24)19-8-6-5-7-9-19/h10-11,14,16-19H,5-9,12-13,15H2,1-4H3. The molecule has 4 heteroatoms. The van der Waals surface area contributed by atoms with E-state index >= 15 is 0 Å². The maximum atomic E-state index is 12.3. The van der Waals surface area contributed by atoms with Crippen LogP contribution in [-0.4, -0.2) is 24.0 Å². The summed E-state index contributed by atoms with van der Waals surface area (Å²) in [6, 6.07) is 6.92. The molecule has 0 atom stereocenters. The molecule has 2 aromatic rings. The van der Waals surface area contributed by atoms with Gasteiger partial charge in [-0.2, -0.15) is 0 Å². The maximum Gasteiger partial charge on any atom is 0.152 e. The van der Waals surface area contributed by atoms with E-state index in [4.69, 9.17) is 0 Å². The van der Waals surface area contributed by atoms with Gasteiger partial charge >= 0.3 is 0 Å². The van der Waals surface area contributed by atoms with Gasteiger partial charge in [0.1, 0.15) is 0 Å². The zero-order valence-electron chi connectivity index (χ0n) is 17.4. The highest BCUT2D eigenvalue weighted by atomic mass is 32.2. The SMILES string of the molecule is CC(C)Cn1cc(CCS(=O)(=O)C(C)C)c2ccc(C3CCCCC3)cc21. The third-order valence-electron chi connectivity index (χ3n) is 6.00. The summed E-state index contributed by atoms with van der Waals surface area (Å²) in [6.45, 7) is 8.99. The number of aryl methyl sites for hydroxylation is 1. The molecule has 3 rings (SSSR count). The summed E-state index contributed by atoms with van der Waals surface area (Å²) >= 11 is 0. The molecule has 0 saturated heterocycles. The van der Waals surface area contributed by atoms with Crippen LogP contribution >= 0.6 is 0 Å². The summed E-state index contributed by atoms with van der Waals surface area (Å²) < 4.78 is 26.9. The molecule has 0 radical (unpaired) electrons. The van der Waals surface area contributed by atoms with E-state index in [0.717, 1.165) is 6.54 Å². The fraction of sp³-hybridized carbons (Fsp3) is 0.652. The molecular formula is C23H35NO2S. The number of sulfone groups is 1. The topological polar surface area (TPSA) is 39.1 Å². The largest absolute Gasteiger partial charge is 0.347 e. The van der Waals surface area contributed by atoms with Gasteiger partial charge in [0.15, 0.2) is 9.84 Å². The molecule has 1 aromatic carbocycles. The van der Waals surface area contributed by atoms with Crippen molar-refractivity contribution in [2.75, 3.05) is 5.75 Å². The molecule has 0 amide bonds. The number of hydrogen-bond acceptors (Lipinski definition) is 2. The van der Waals surface area contributed by atoms with Crippen LogP contribution in [-0.2, 0) is 22.8 Å². The van der Waals surface area contributed by atoms with E-state index in [0.29, 0.717) is 18.3 Å². The Bertz CT molecular complexity index is 871. The lowest BCUT2D eigenvalue weighted by molar-refractivity contribution is 0.443. The van der Waals surface area contributed by atoms with Crippen molar-refractivity contribution >= 4 is 20.7 Å². The monoisotopic (exact) mass is 389 g/mol. The van der Waals surface area contributed by atoms with Crippen LogP contribution in [0.3, 0.4) is 0 Å². The highest BCUT2D eigenvalue weighted by molar-refractivity contribution is 7.91. The average molecular weight is 390 g/mol. The number of benzene rings is 1. The number of aromatic nitrogens is 1. The first-order chi connectivity index (χ1) is 12.8. The van der Waals surface area contributed by atoms with Crippen molar-refractivity contribution in [2.45, 2.75) is 83.9 Å². The fourth-order valence-electron chi connectivity index (χ4n) is 4.31. The van der Waals surface area contributed by atoms with Gasteiger partial charge < -0.3 is 4.57 Å². The Balaban J connectivity index is 1.94. The molecule has 27 heavy (non-hydrogen) atoms. The highest BCUT2D eigenvalue weighted by Crippen LogP contribution is 2.35. The first-order valence-electron chi connectivity index (χ1n) is 10.6. The van der Waals surface area contributed by atoms with Crippen molar-refractivity contribution in [1.82, 2.24) is 4.57 Å². The molecule has 0 unspecified atom stereocenters. The summed E-state index contributed by atoms with van der Waals surface area (Å²) in [7, 11) is -3.01. The summed E-state index contributed by atoms with van der Waals surface area (Å²) in [5, 5.41) is 0.925. The van der Waals surface area contributed by atoms with Crippen molar-refractivity contribution in [3.05, 3.63) is 35.5 Å². The molecule has 0 spiro atoms. The van der Waals surface area contributed by atoms with Gasteiger partial charge in [-0.15, -0.1) is 0 Å². The van der Waals surface area contributed by atoms with E-state index in [1.807, 2.05) is 0 Å². The molecule has 3 nitrogen and oxygen atoms in total. The van der Waals surface area contributed by atoms with Gasteiger partial charge in [0.05, 0.1) is 11.0 Å². The maximum absolute atomic E-state index is 12.3. The quantitative estimate of drug-likeness (QED) is 0.608. The van der Waals surface area contributed by atoms with Crippen LogP contribution in [0, 0.1) is 5.92 Å². The lowest BCUT2D eigenvalue weighted by Crippen LogP contribution is -2.19. The summed E-state index contributed by atoms with van der Waals surface area (Å²) in [4.78, 5) is 0. The molecular weight excluding hydrogens is 354 g/mol. The Kier molecular flexibility index (Phi) is 6.35. The first-order valence-corrected chi connectivity index (χ1v) is 12.3. The van der Waals surface area contributed by atoms with Gasteiger partial charge in [0.25, 0.3) is 0 Å². The van der Waals surface area contributed by atoms with E-state index in [2.05, 4.69) is 42.8 Å². The predicted molar refractivity (Wildman–Crippen MR) is 115 cm³/mol. The lowest BCUT2D eigenvalue weighted by atomic mass is 9.84. The molecule has 1 saturated carbocycles. The number of nitrogens with zero attached hydrogens (tertiary/aromatic N) is 1. The third kappa shape index (κ3) is 4.77. The number of hydrogen-bond donors (Lipinski definition) is 0. The van der Waals surface area contributed by atoms with Crippen LogP contribution < -0.4 is 0 Å². The van der Waals surface area contributed by atoms with E-state index in [-0.39, 0.29) is 11.0 Å². The summed E-state index contributed by atoms with van der Waals surface area (Å²) in [6.07, 6.45) is 9.46. The average Bonchev–Trinajstić information content (AvgIpc) is 2.97. The van der Waals surface area contributed by atoms with Crippen LogP contribution in [0.1, 0.15) is 76.8 Å². The Morgan fingerprint density at radius 2 is 1.78 bits per heavy atom. The summed E-state index contributed by atoms with van der Waals surface area (Å²) in [5.74, 6) is 1.48. The van der Waals surface area contributed by atoms with Crippen LogP contribution in [0.25, 0.3) is 10.9 Å². The van der Waals surface area contributed by atoms with Crippen molar-refractivity contribution < 1.29 is 8.42 Å². The molecule has 1 heterocycles. The van der Waals surface area contributed by atoms with Gasteiger partial charge in [-0.3, -0.25) is 0 Å². The molecule has 1 aromatic heterocycles. The van der Waals surface area contributed by atoms with Crippen LogP contribution in [0.15, 0.2) is 24.4 Å². The normalized spacial score (nSPS) is 16.7. The van der Waals surface area contributed by atoms with Gasteiger partial charge in [-0.1, -0.05) is 45.2 Å². The Morgan fingerprint density at radius 3 is 2.41 bits per heavy atom. The molecule has 1 fully saturated rings. The first kappa shape index (κ1) is 20.4. The lowest BCUT2D eigenvalue weighted by Gasteiger charge is -2.22. The van der Waals surface area contributed by atoms with Crippen molar-refractivity contribution in [3.63, 3.8) is 0 Å². The molecule has 1 aliphatic carbocycles. The molecule has 150 valence electrons. The van der Waals surface area contributed by atoms with E-state index in [9.17, 15) is 8.42 Å². The van der Waals surface area contributed by atoms with Crippen LogP contribution in [0.4, 0.5) is 0 Å². The highest BCUT2D eigenvalue weighted by Gasteiger charge is 2.20. The minimum atomic E-state index is -3.01. The van der Waals surface area contributed by atoms with E-state index in [1.54, 1.807) is 13.8 Å². The van der Waals surface area contributed by atoms with Gasteiger partial charge in [0.2, 0.25) is 0 Å². The molecule has 0 bridgehead atoms. The van der Waals surface area contributed by atoms with Crippen molar-refractivity contribution in [3.8, 4) is 0 Å². The molecule has 0 N–H and O–H groups in total. The predicted octanol–water partition coefficient (Wildman–Crippen LogP) is 5.71. The molecule has 1 aliphatic rings. The van der Waals surface area contributed by atoms with Crippen LogP contribution in [0.2, 0.25) is 0 Å². The van der Waals surface area contributed by atoms with Gasteiger partial charge in [0, 0.05) is 23.6 Å². The second-order valence-electron chi connectivity index (χ2n) is 8.98. The Hall–Kier alpha value is -1.29. The van der Waals surface area contributed by atoms with E-state index in [1.165, 1.54) is 54.1 Å². The van der Waals surface area contributed by atoms with Crippen molar-refractivity contribution in [1.29, 1.82) is 0 Å². The second kappa shape index (κ2) is 8.38. The van der Waals surface area contributed by atoms with Gasteiger partial charge in [-0.05, 0) is 62.1 Å². The Morgan fingerprint density at radius 1 is 1.07 bits per heavy atom. The molecule has 0 aliphatic heterocycles. The minimum absolute atomic E-state index is 0.232. The second-order valence-corrected chi connectivity index (χ2v) is 11.7. The number of rotatable bonds is 7. The zero-order chi connectivity index (χ0) is 19.6. The minimum Gasteiger partial charge on any atom is -0.347 e. The van der Waals surface area contributed by atoms with Crippen molar-refractivity contribution in [2.24, 2.45) is 5.92 Å². The van der Waals surface area contributed by atoms with Crippen LogP contribution in [0.5, 0.6) is 0 Å². The smallest absolute Gasteiger partial charge is 0.152 e. The third-order valence-corrected chi connectivity index (χ3v) is 8.21. The Labute approximate surface area is 165 Å². The zero-order valence-corrected chi connectivity index (χ0v) is 18.2. The summed E-state index contributed by atoms with van der Waals surface area (Å²) in [5.41, 5.74) is 3.92. The van der Waals surface area contributed by atoms with E-state index < -0.39 is 9.84 Å². The number of fused-ring (bicyclic) bond motifs is 1.